The summed E-state index contributed by atoms with van der Waals surface area (Å²) in [5.41, 5.74) is 2.62. The lowest BCUT2D eigenvalue weighted by Gasteiger charge is -2.42. The molecule has 3 unspecified atom stereocenters. The van der Waals surface area contributed by atoms with E-state index < -0.39 is 0 Å². The normalized spacial score (nSPS) is 23.3. The van der Waals surface area contributed by atoms with Crippen molar-refractivity contribution in [3.8, 4) is 0 Å². The third kappa shape index (κ3) is 4.19. The van der Waals surface area contributed by atoms with Crippen molar-refractivity contribution in [1.82, 2.24) is 4.98 Å². The van der Waals surface area contributed by atoms with Crippen LogP contribution in [-0.4, -0.2) is 16.2 Å². The Morgan fingerprint density at radius 1 is 0.923 bits per heavy atom. The average molecular weight is 350 g/mol. The number of aliphatic hydroxyl groups excluding tert-OH is 1. The van der Waals surface area contributed by atoms with E-state index in [1.807, 2.05) is 18.3 Å². The molecule has 3 atom stereocenters. The molecular formula is C24H31NO. The molecule has 0 radical (unpaired) electrons. The molecule has 2 nitrogen and oxygen atoms in total. The third-order valence-electron chi connectivity index (χ3n) is 5.99. The molecule has 1 fully saturated rings. The van der Waals surface area contributed by atoms with Crippen LogP contribution in [0.1, 0.15) is 45.6 Å². The van der Waals surface area contributed by atoms with Crippen LogP contribution in [0.4, 0.5) is 0 Å². The topological polar surface area (TPSA) is 36.0 Å². The second-order valence-electron chi connectivity index (χ2n) is 8.24. The lowest BCUT2D eigenvalue weighted by atomic mass is 9.64. The minimum Gasteiger partial charge on any atom is -0.393 e. The molecule has 1 aromatic heterocycles. The highest BCUT2D eigenvalue weighted by atomic mass is 16.3. The zero-order chi connectivity index (χ0) is 18.6. The second kappa shape index (κ2) is 8.09. The van der Waals surface area contributed by atoms with Gasteiger partial charge in [0.1, 0.15) is 0 Å². The van der Waals surface area contributed by atoms with Crippen molar-refractivity contribution in [1.29, 1.82) is 0 Å². The Morgan fingerprint density at radius 2 is 1.62 bits per heavy atom. The smallest absolute Gasteiger partial charge is 0.0579 e. The van der Waals surface area contributed by atoms with Gasteiger partial charge in [-0.1, -0.05) is 75.7 Å². The van der Waals surface area contributed by atoms with Crippen LogP contribution >= 0.6 is 0 Å². The van der Waals surface area contributed by atoms with Crippen LogP contribution in [0.3, 0.4) is 0 Å². The minimum atomic E-state index is -0.144. The number of aromatic nitrogens is 1. The highest BCUT2D eigenvalue weighted by Crippen LogP contribution is 2.42. The molecule has 4 rings (SSSR count). The quantitative estimate of drug-likeness (QED) is 0.591. The lowest BCUT2D eigenvalue weighted by molar-refractivity contribution is 0.0143. The van der Waals surface area contributed by atoms with Crippen molar-refractivity contribution >= 4 is 10.9 Å². The summed E-state index contributed by atoms with van der Waals surface area (Å²) in [6, 6.07) is 20.9. The van der Waals surface area contributed by atoms with E-state index in [0.717, 1.165) is 12.8 Å². The van der Waals surface area contributed by atoms with Crippen LogP contribution in [0, 0.1) is 11.8 Å². The van der Waals surface area contributed by atoms with E-state index >= 15 is 0 Å². The van der Waals surface area contributed by atoms with Gasteiger partial charge in [0, 0.05) is 11.7 Å². The minimum absolute atomic E-state index is 0.0703. The van der Waals surface area contributed by atoms with Gasteiger partial charge < -0.3 is 10.1 Å². The van der Waals surface area contributed by atoms with Crippen LogP contribution < -0.4 is 0 Å². The number of hydrogen-bond acceptors (Lipinski definition) is 1. The number of aromatic amines is 1. The largest absolute Gasteiger partial charge is 0.393 e. The standard InChI is InChI=1S/C16H24O.C8H7N/c1-12-9-10-14(15(17)11-12)16(2,3)13-7-5-4-6-8-13;1-2-4-8-7(3-1)5-6-9-8/h4-8,12,14-15,17H,9-11H2,1-3H3;1-6,9H. The van der Waals surface area contributed by atoms with Crippen molar-refractivity contribution in [2.24, 2.45) is 11.8 Å². The summed E-state index contributed by atoms with van der Waals surface area (Å²) in [5.74, 6) is 1.06. The number of aliphatic hydroxyl groups is 1. The van der Waals surface area contributed by atoms with Crippen LogP contribution in [0.2, 0.25) is 0 Å². The summed E-state index contributed by atoms with van der Waals surface area (Å²) >= 11 is 0. The number of fused-ring (bicyclic) bond motifs is 1. The molecule has 0 aliphatic heterocycles. The van der Waals surface area contributed by atoms with Crippen molar-refractivity contribution in [3.05, 3.63) is 72.4 Å². The Kier molecular flexibility index (Phi) is 5.83. The molecular weight excluding hydrogens is 318 g/mol. The number of benzene rings is 2. The number of hydrogen-bond donors (Lipinski definition) is 2. The van der Waals surface area contributed by atoms with Gasteiger partial charge in [0.25, 0.3) is 0 Å². The SMILES string of the molecule is CC1CCC(C(C)(C)c2ccccc2)C(O)C1.c1ccc2[nH]ccc2c1. The van der Waals surface area contributed by atoms with Gasteiger partial charge in [-0.15, -0.1) is 0 Å². The third-order valence-corrected chi connectivity index (χ3v) is 5.99. The summed E-state index contributed by atoms with van der Waals surface area (Å²) < 4.78 is 0. The van der Waals surface area contributed by atoms with Gasteiger partial charge >= 0.3 is 0 Å². The predicted molar refractivity (Wildman–Crippen MR) is 110 cm³/mol. The number of nitrogens with one attached hydrogen (secondary N) is 1. The summed E-state index contributed by atoms with van der Waals surface area (Å²) in [4.78, 5) is 3.12. The molecule has 2 aromatic carbocycles. The van der Waals surface area contributed by atoms with Gasteiger partial charge in [0.05, 0.1) is 6.10 Å². The summed E-state index contributed by atoms with van der Waals surface area (Å²) in [7, 11) is 0. The van der Waals surface area contributed by atoms with Crippen LogP contribution in [0.5, 0.6) is 0 Å². The summed E-state index contributed by atoms with van der Waals surface area (Å²) in [5, 5.41) is 11.6. The molecule has 1 aliphatic rings. The molecule has 1 aliphatic carbocycles. The van der Waals surface area contributed by atoms with E-state index in [1.54, 1.807) is 0 Å². The summed E-state index contributed by atoms with van der Waals surface area (Å²) in [6.45, 7) is 6.79. The van der Waals surface area contributed by atoms with Gasteiger partial charge in [0.2, 0.25) is 0 Å². The molecule has 0 bridgehead atoms. The van der Waals surface area contributed by atoms with Gasteiger partial charge in [-0.25, -0.2) is 0 Å². The molecule has 0 saturated heterocycles. The predicted octanol–water partition coefficient (Wildman–Crippen LogP) is 5.93. The van der Waals surface area contributed by atoms with E-state index in [2.05, 4.69) is 74.3 Å². The van der Waals surface area contributed by atoms with E-state index in [9.17, 15) is 5.11 Å². The van der Waals surface area contributed by atoms with Crippen molar-refractivity contribution in [2.45, 2.75) is 51.6 Å². The fraction of sp³-hybridized carbons (Fsp3) is 0.417. The molecule has 26 heavy (non-hydrogen) atoms. The second-order valence-corrected chi connectivity index (χ2v) is 8.24. The van der Waals surface area contributed by atoms with Crippen molar-refractivity contribution in [2.75, 3.05) is 0 Å². The van der Waals surface area contributed by atoms with Crippen LogP contribution in [-0.2, 0) is 5.41 Å². The Labute approximate surface area is 157 Å². The number of H-pyrrole nitrogens is 1. The van der Waals surface area contributed by atoms with Crippen molar-refractivity contribution < 1.29 is 5.11 Å². The highest BCUT2D eigenvalue weighted by molar-refractivity contribution is 5.78. The fourth-order valence-corrected chi connectivity index (χ4v) is 4.27. The Bertz CT molecular complexity index is 775. The van der Waals surface area contributed by atoms with E-state index in [1.165, 1.54) is 22.9 Å². The zero-order valence-electron chi connectivity index (χ0n) is 16.2. The molecule has 0 amide bonds. The molecule has 138 valence electrons. The Morgan fingerprint density at radius 3 is 2.31 bits per heavy atom. The van der Waals surface area contributed by atoms with E-state index in [-0.39, 0.29) is 11.5 Å². The van der Waals surface area contributed by atoms with Crippen LogP contribution in [0.15, 0.2) is 66.9 Å². The first-order valence-electron chi connectivity index (χ1n) is 9.74. The van der Waals surface area contributed by atoms with Gasteiger partial charge in [-0.2, -0.15) is 0 Å². The highest BCUT2D eigenvalue weighted by Gasteiger charge is 2.38. The molecule has 1 saturated carbocycles. The maximum absolute atomic E-state index is 10.3. The number of para-hydroxylation sites is 1. The van der Waals surface area contributed by atoms with E-state index in [4.69, 9.17) is 0 Å². The monoisotopic (exact) mass is 349 g/mol. The van der Waals surface area contributed by atoms with Gasteiger partial charge in [-0.05, 0) is 53.2 Å². The first-order valence-corrected chi connectivity index (χ1v) is 9.74. The first-order chi connectivity index (χ1) is 12.5. The molecule has 3 aromatic rings. The van der Waals surface area contributed by atoms with Crippen LogP contribution in [0.25, 0.3) is 10.9 Å². The Hall–Kier alpha value is -2.06. The van der Waals surface area contributed by atoms with Gasteiger partial charge in [-0.3, -0.25) is 0 Å². The molecule has 2 N–H and O–H groups in total. The maximum atomic E-state index is 10.3. The average Bonchev–Trinajstić information content (AvgIpc) is 3.11. The molecule has 2 heteroatoms. The Balaban J connectivity index is 0.000000181. The number of rotatable bonds is 2. The van der Waals surface area contributed by atoms with Gasteiger partial charge in [0.15, 0.2) is 0 Å². The maximum Gasteiger partial charge on any atom is 0.0579 e. The first kappa shape index (κ1) is 18.7. The lowest BCUT2D eigenvalue weighted by Crippen LogP contribution is -2.41. The van der Waals surface area contributed by atoms with E-state index in [0.29, 0.717) is 11.8 Å². The fourth-order valence-electron chi connectivity index (χ4n) is 4.27. The molecule has 0 spiro atoms. The summed E-state index contributed by atoms with van der Waals surface area (Å²) in [6.07, 6.45) is 5.15. The van der Waals surface area contributed by atoms with Crippen molar-refractivity contribution in [3.63, 3.8) is 0 Å². The molecule has 1 heterocycles. The zero-order valence-corrected chi connectivity index (χ0v) is 16.2.